The van der Waals surface area contributed by atoms with Gasteiger partial charge in [0.25, 0.3) is 0 Å². The van der Waals surface area contributed by atoms with Crippen LogP contribution in [0.4, 0.5) is 10.1 Å². The van der Waals surface area contributed by atoms with Crippen molar-refractivity contribution in [3.05, 3.63) is 6.20 Å². The van der Waals surface area contributed by atoms with Crippen LogP contribution in [0.15, 0.2) is 6.20 Å². The number of anilines is 2. The normalized spacial score (nSPS) is 22.3. The van der Waals surface area contributed by atoms with Gasteiger partial charge in [-0.25, -0.2) is 13.4 Å². The monoisotopic (exact) mass is 279 g/mol. The van der Waals surface area contributed by atoms with Crippen LogP contribution in [-0.2, 0) is 9.84 Å². The maximum absolute atomic E-state index is 11.7. The van der Waals surface area contributed by atoms with Gasteiger partial charge in [0, 0.05) is 24.3 Å². The smallest absolute Gasteiger partial charge is 0.188 e. The third kappa shape index (κ3) is 2.44. The van der Waals surface area contributed by atoms with Crippen LogP contribution in [0.25, 0.3) is 0 Å². The van der Waals surface area contributed by atoms with E-state index in [1.165, 1.54) is 17.6 Å². The first kappa shape index (κ1) is 12.0. The van der Waals surface area contributed by atoms with Crippen molar-refractivity contribution in [3.63, 3.8) is 0 Å². The summed E-state index contributed by atoms with van der Waals surface area (Å²) in [6.07, 6.45) is 2.84. The SMILES string of the molecule is CS(=O)(=O)C1CSCCN1c1ncc(N)s1. The molecule has 1 unspecified atom stereocenters. The molecule has 0 saturated carbocycles. The van der Waals surface area contributed by atoms with E-state index in [1.54, 1.807) is 18.0 Å². The molecule has 2 N–H and O–H groups in total. The fourth-order valence-electron chi connectivity index (χ4n) is 1.56. The van der Waals surface area contributed by atoms with Crippen LogP contribution in [0, 0.1) is 0 Å². The average Bonchev–Trinajstić information content (AvgIpc) is 2.64. The first-order valence-electron chi connectivity index (χ1n) is 4.73. The van der Waals surface area contributed by atoms with E-state index in [2.05, 4.69) is 4.98 Å². The molecule has 0 radical (unpaired) electrons. The predicted molar refractivity (Wildman–Crippen MR) is 69.8 cm³/mol. The molecule has 0 aliphatic carbocycles. The molecule has 1 aromatic heterocycles. The Bertz CT molecular complexity index is 471. The largest absolute Gasteiger partial charge is 0.389 e. The molecule has 90 valence electrons. The summed E-state index contributed by atoms with van der Waals surface area (Å²) >= 11 is 2.99. The Morgan fingerprint density at radius 1 is 1.62 bits per heavy atom. The highest BCUT2D eigenvalue weighted by Gasteiger charge is 2.32. The van der Waals surface area contributed by atoms with Gasteiger partial charge in [-0.15, -0.1) is 0 Å². The molecule has 5 nitrogen and oxygen atoms in total. The summed E-state index contributed by atoms with van der Waals surface area (Å²) in [5, 5.41) is 0.838. The van der Waals surface area contributed by atoms with Crippen LogP contribution >= 0.6 is 23.1 Å². The Balaban J connectivity index is 2.30. The van der Waals surface area contributed by atoms with Gasteiger partial charge in [-0.05, 0) is 0 Å². The lowest BCUT2D eigenvalue weighted by molar-refractivity contribution is 0.584. The van der Waals surface area contributed by atoms with Gasteiger partial charge >= 0.3 is 0 Å². The zero-order valence-electron chi connectivity index (χ0n) is 8.79. The van der Waals surface area contributed by atoms with E-state index < -0.39 is 15.2 Å². The second-order valence-electron chi connectivity index (χ2n) is 3.60. The molecule has 0 amide bonds. The van der Waals surface area contributed by atoms with Crippen LogP contribution in [0.2, 0.25) is 0 Å². The van der Waals surface area contributed by atoms with Gasteiger partial charge in [-0.3, -0.25) is 0 Å². The molecule has 1 aliphatic rings. The number of nitrogens with zero attached hydrogens (tertiary/aromatic N) is 2. The van der Waals surface area contributed by atoms with Gasteiger partial charge in [-0.1, -0.05) is 11.3 Å². The number of thioether (sulfide) groups is 1. The maximum atomic E-state index is 11.7. The summed E-state index contributed by atoms with van der Waals surface area (Å²) in [6.45, 7) is 0.704. The second-order valence-corrected chi connectivity index (χ2v) is 7.99. The molecule has 0 bridgehead atoms. The van der Waals surface area contributed by atoms with E-state index in [-0.39, 0.29) is 0 Å². The Hall–Kier alpha value is -0.470. The summed E-state index contributed by atoms with van der Waals surface area (Å²) in [5.41, 5.74) is 5.61. The highest BCUT2D eigenvalue weighted by Crippen LogP contribution is 2.30. The lowest BCUT2D eigenvalue weighted by Gasteiger charge is -2.33. The molecular weight excluding hydrogens is 266 g/mol. The van der Waals surface area contributed by atoms with Gasteiger partial charge in [0.15, 0.2) is 15.0 Å². The van der Waals surface area contributed by atoms with E-state index in [1.807, 2.05) is 4.90 Å². The van der Waals surface area contributed by atoms with Crippen molar-refractivity contribution in [2.75, 3.05) is 34.9 Å². The Morgan fingerprint density at radius 3 is 2.94 bits per heavy atom. The van der Waals surface area contributed by atoms with Crippen LogP contribution in [0.3, 0.4) is 0 Å². The molecule has 0 spiro atoms. The summed E-state index contributed by atoms with van der Waals surface area (Å²) in [7, 11) is -3.08. The zero-order chi connectivity index (χ0) is 11.8. The molecule has 1 atom stereocenters. The fourth-order valence-corrected chi connectivity index (χ4v) is 5.21. The molecule has 1 saturated heterocycles. The van der Waals surface area contributed by atoms with Crippen LogP contribution in [0.5, 0.6) is 0 Å². The van der Waals surface area contributed by atoms with Crippen molar-refractivity contribution >= 4 is 43.1 Å². The number of aromatic nitrogens is 1. The van der Waals surface area contributed by atoms with Crippen molar-refractivity contribution in [2.45, 2.75) is 5.37 Å². The zero-order valence-corrected chi connectivity index (χ0v) is 11.2. The van der Waals surface area contributed by atoms with Crippen LogP contribution < -0.4 is 10.6 Å². The Morgan fingerprint density at radius 2 is 2.38 bits per heavy atom. The van der Waals surface area contributed by atoms with Crippen molar-refractivity contribution in [1.29, 1.82) is 0 Å². The third-order valence-electron chi connectivity index (χ3n) is 2.34. The number of thiazole rings is 1. The summed E-state index contributed by atoms with van der Waals surface area (Å²) in [5.74, 6) is 1.52. The minimum Gasteiger partial charge on any atom is -0.389 e. The van der Waals surface area contributed by atoms with E-state index in [0.29, 0.717) is 22.4 Å². The second kappa shape index (κ2) is 4.42. The number of nitrogen functional groups attached to an aromatic ring is 1. The van der Waals surface area contributed by atoms with Crippen LogP contribution in [0.1, 0.15) is 0 Å². The molecule has 1 aromatic rings. The van der Waals surface area contributed by atoms with Crippen molar-refractivity contribution in [1.82, 2.24) is 4.98 Å². The van der Waals surface area contributed by atoms with Crippen molar-refractivity contribution < 1.29 is 8.42 Å². The maximum Gasteiger partial charge on any atom is 0.188 e. The van der Waals surface area contributed by atoms with Crippen molar-refractivity contribution in [3.8, 4) is 0 Å². The van der Waals surface area contributed by atoms with Gasteiger partial charge in [0.1, 0.15) is 10.4 Å². The number of hydrogen-bond donors (Lipinski definition) is 1. The predicted octanol–water partition coefficient (Wildman–Crippen LogP) is 0.649. The molecule has 8 heteroatoms. The van der Waals surface area contributed by atoms with Gasteiger partial charge < -0.3 is 10.6 Å². The lowest BCUT2D eigenvalue weighted by Crippen LogP contribution is -2.46. The number of nitrogens with two attached hydrogens (primary N) is 1. The average molecular weight is 279 g/mol. The third-order valence-corrected chi connectivity index (χ3v) is 5.84. The van der Waals surface area contributed by atoms with Crippen molar-refractivity contribution in [2.24, 2.45) is 0 Å². The molecular formula is C8H13N3O2S3. The van der Waals surface area contributed by atoms with Gasteiger partial charge in [-0.2, -0.15) is 11.8 Å². The van der Waals surface area contributed by atoms with E-state index in [4.69, 9.17) is 5.73 Å². The first-order valence-corrected chi connectivity index (χ1v) is 8.65. The molecule has 1 aliphatic heterocycles. The Kier molecular flexibility index (Phi) is 3.32. The standard InChI is InChI=1S/C8H13N3O2S3/c1-16(12,13)7-5-14-3-2-11(7)8-10-4-6(9)15-8/h4,7H,2-3,5,9H2,1H3. The molecule has 2 rings (SSSR count). The van der Waals surface area contributed by atoms with E-state index in [0.717, 1.165) is 5.75 Å². The van der Waals surface area contributed by atoms with Gasteiger partial charge in [0.2, 0.25) is 0 Å². The quantitative estimate of drug-likeness (QED) is 0.856. The summed E-state index contributed by atoms with van der Waals surface area (Å²) < 4.78 is 23.3. The van der Waals surface area contributed by atoms with E-state index in [9.17, 15) is 8.42 Å². The fraction of sp³-hybridized carbons (Fsp3) is 0.625. The minimum absolute atomic E-state index is 0.475. The number of sulfone groups is 1. The highest BCUT2D eigenvalue weighted by molar-refractivity contribution is 8.01. The minimum atomic E-state index is -3.08. The van der Waals surface area contributed by atoms with Crippen LogP contribution in [-0.4, -0.2) is 43.1 Å². The van der Waals surface area contributed by atoms with Gasteiger partial charge in [0.05, 0.1) is 6.20 Å². The van der Waals surface area contributed by atoms with E-state index >= 15 is 0 Å². The molecule has 16 heavy (non-hydrogen) atoms. The number of hydrogen-bond acceptors (Lipinski definition) is 7. The summed E-state index contributed by atoms with van der Waals surface area (Å²) in [4.78, 5) is 5.99. The lowest BCUT2D eigenvalue weighted by atomic mass is 10.5. The highest BCUT2D eigenvalue weighted by atomic mass is 32.2. The summed E-state index contributed by atoms with van der Waals surface area (Å²) in [6, 6.07) is 0. The molecule has 1 fully saturated rings. The molecule has 2 heterocycles. The number of rotatable bonds is 2. The topological polar surface area (TPSA) is 76.3 Å². The first-order chi connectivity index (χ1) is 7.48. The Labute approximate surface area is 103 Å². The molecule has 0 aromatic carbocycles.